The van der Waals surface area contributed by atoms with Crippen molar-refractivity contribution in [1.82, 2.24) is 0 Å². The fourth-order valence-corrected chi connectivity index (χ4v) is 14.6. The Morgan fingerprint density at radius 3 is 0.695 bits per heavy atom. The maximum Gasteiger partial charge on any atom is 0.472 e. The molecule has 105 heavy (non-hydrogen) atoms. The van der Waals surface area contributed by atoms with Crippen molar-refractivity contribution in [2.45, 2.75) is 463 Å². The van der Waals surface area contributed by atoms with Gasteiger partial charge in [-0.3, -0.25) is 37.3 Å². The summed E-state index contributed by atoms with van der Waals surface area (Å²) >= 11 is 0. The summed E-state index contributed by atoms with van der Waals surface area (Å²) in [7, 11) is -9.93. The second-order valence-electron chi connectivity index (χ2n) is 30.2. The number of unbranched alkanes of at least 4 members (excludes halogenated alkanes) is 56. The summed E-state index contributed by atoms with van der Waals surface area (Å²) in [5.41, 5.74) is 0. The fourth-order valence-electron chi connectivity index (χ4n) is 13.0. The lowest BCUT2D eigenvalue weighted by atomic mass is 10.0. The SMILES string of the molecule is CCCCCC/C=C\C=C/CCCCCCCC(=O)O[C@H](COC(=O)CCCCCCCCCCC)COP(=O)(O)OC[C@H](O)COP(=O)(O)OC[C@@H](COC(=O)CCCCCCCCCCCCCCCCCCCCC)OC(=O)CCCCCCCCCCCCCCCCCCCCCCCC. The summed E-state index contributed by atoms with van der Waals surface area (Å²) < 4.78 is 68.8. The topological polar surface area (TPSA) is 237 Å². The number of ether oxygens (including phenoxy) is 4. The smallest absolute Gasteiger partial charge is 0.462 e. The van der Waals surface area contributed by atoms with Gasteiger partial charge in [0.25, 0.3) is 0 Å². The molecule has 0 rings (SSSR count). The van der Waals surface area contributed by atoms with Crippen LogP contribution >= 0.6 is 15.6 Å². The van der Waals surface area contributed by atoms with Crippen molar-refractivity contribution in [3.8, 4) is 0 Å². The monoisotopic (exact) mass is 1530 g/mol. The van der Waals surface area contributed by atoms with Crippen LogP contribution in [-0.4, -0.2) is 96.7 Å². The van der Waals surface area contributed by atoms with Crippen LogP contribution in [0.2, 0.25) is 0 Å². The van der Waals surface area contributed by atoms with Crippen LogP contribution in [0.25, 0.3) is 0 Å². The molecule has 0 radical (unpaired) electrons. The molecule has 0 bridgehead atoms. The number of phosphoric ester groups is 2. The molecule has 0 heterocycles. The average Bonchev–Trinajstić information content (AvgIpc) is 0.962. The van der Waals surface area contributed by atoms with Crippen molar-refractivity contribution in [2.75, 3.05) is 39.6 Å². The summed E-state index contributed by atoms with van der Waals surface area (Å²) in [4.78, 5) is 73.1. The molecule has 2 unspecified atom stereocenters. The summed E-state index contributed by atoms with van der Waals surface area (Å²) in [6.07, 6.45) is 77.4. The first kappa shape index (κ1) is 103. The fraction of sp³-hybridized carbons (Fsp3) is 0.907. The molecule has 0 amide bonds. The van der Waals surface area contributed by atoms with Gasteiger partial charge in [-0.1, -0.05) is 392 Å². The third kappa shape index (κ3) is 79.4. The Labute approximate surface area is 643 Å². The molecule has 5 atom stereocenters. The zero-order chi connectivity index (χ0) is 76.7. The zero-order valence-corrected chi connectivity index (χ0v) is 70.0. The van der Waals surface area contributed by atoms with E-state index in [4.69, 9.17) is 37.0 Å². The van der Waals surface area contributed by atoms with Crippen molar-refractivity contribution in [1.29, 1.82) is 0 Å². The number of allylic oxidation sites excluding steroid dienone is 4. The Morgan fingerprint density at radius 2 is 0.457 bits per heavy atom. The van der Waals surface area contributed by atoms with E-state index < -0.39 is 97.5 Å². The molecule has 0 aromatic carbocycles. The van der Waals surface area contributed by atoms with Crippen molar-refractivity contribution >= 4 is 39.5 Å². The first-order valence-electron chi connectivity index (χ1n) is 44.1. The molecule has 0 aromatic rings. The van der Waals surface area contributed by atoms with Crippen LogP contribution in [0.15, 0.2) is 24.3 Å². The molecule has 0 aromatic heterocycles. The molecular formula is C86H164O17P2. The Kier molecular flexibility index (Phi) is 77.8. The third-order valence-corrected chi connectivity index (χ3v) is 21.6. The summed E-state index contributed by atoms with van der Waals surface area (Å²) in [5.74, 6) is -2.13. The molecule has 0 saturated carbocycles. The number of rotatable bonds is 85. The van der Waals surface area contributed by atoms with Crippen molar-refractivity contribution < 1.29 is 80.2 Å². The molecular weight excluding hydrogens is 1370 g/mol. The lowest BCUT2D eigenvalue weighted by Gasteiger charge is -2.21. The Balaban J connectivity index is 5.22. The van der Waals surface area contributed by atoms with E-state index in [0.717, 1.165) is 103 Å². The molecule has 0 fully saturated rings. The minimum Gasteiger partial charge on any atom is -0.462 e. The average molecular weight is 1530 g/mol. The van der Waals surface area contributed by atoms with E-state index in [-0.39, 0.29) is 25.7 Å². The second-order valence-corrected chi connectivity index (χ2v) is 33.1. The number of aliphatic hydroxyl groups is 1. The first-order valence-corrected chi connectivity index (χ1v) is 47.1. The number of phosphoric acid groups is 2. The predicted molar refractivity (Wildman–Crippen MR) is 432 cm³/mol. The third-order valence-electron chi connectivity index (χ3n) is 19.7. The molecule has 0 spiro atoms. The Hall–Kier alpha value is -2.46. The number of carbonyl (C=O) groups is 4. The van der Waals surface area contributed by atoms with Gasteiger partial charge in [0.2, 0.25) is 0 Å². The lowest BCUT2D eigenvalue weighted by molar-refractivity contribution is -0.161. The van der Waals surface area contributed by atoms with Gasteiger partial charge in [-0.2, -0.15) is 0 Å². The van der Waals surface area contributed by atoms with Crippen LogP contribution in [-0.2, 0) is 65.4 Å². The molecule has 0 aliphatic carbocycles. The molecule has 0 saturated heterocycles. The molecule has 0 aliphatic heterocycles. The van der Waals surface area contributed by atoms with E-state index in [0.29, 0.717) is 25.7 Å². The quantitative estimate of drug-likeness (QED) is 0.0169. The highest BCUT2D eigenvalue weighted by atomic mass is 31.2. The standard InChI is InChI=1S/C86H164O17P2/c1-5-9-13-17-21-25-28-31-34-36-38-39-40-42-44-47-50-53-57-61-65-69-73-86(91)103-82(77-97-84(89)71-67-63-59-55-51-48-46-43-41-37-35-32-29-26-22-18-14-10-6-2)79-101-105(94,95)99-75-80(87)74-98-104(92,93)100-78-81(76-96-83(88)70-66-62-58-54-24-20-16-12-8-4)102-85(90)72-68-64-60-56-52-49-45-33-30-27-23-19-15-11-7-3/h27,30,33,45,80-82,87H,5-26,28-29,31-32,34-44,46-79H2,1-4H3,(H,92,93)(H,94,95)/b30-27-,45-33-/t80-,81+,82+/m0/s1. The van der Waals surface area contributed by atoms with E-state index >= 15 is 0 Å². The molecule has 620 valence electrons. The van der Waals surface area contributed by atoms with Gasteiger partial charge < -0.3 is 33.8 Å². The van der Waals surface area contributed by atoms with Crippen LogP contribution in [0.4, 0.5) is 0 Å². The normalized spacial score (nSPS) is 13.9. The van der Waals surface area contributed by atoms with Crippen molar-refractivity contribution in [3.05, 3.63) is 24.3 Å². The highest BCUT2D eigenvalue weighted by molar-refractivity contribution is 7.47. The predicted octanol–water partition coefficient (Wildman–Crippen LogP) is 26.1. The molecule has 17 nitrogen and oxygen atoms in total. The van der Waals surface area contributed by atoms with Gasteiger partial charge >= 0.3 is 39.5 Å². The highest BCUT2D eigenvalue weighted by Gasteiger charge is 2.30. The summed E-state index contributed by atoms with van der Waals surface area (Å²) in [6, 6.07) is 0. The van der Waals surface area contributed by atoms with Crippen LogP contribution in [0.5, 0.6) is 0 Å². The van der Waals surface area contributed by atoms with E-state index in [1.54, 1.807) is 0 Å². The number of carbonyl (C=O) groups excluding carboxylic acids is 4. The largest absolute Gasteiger partial charge is 0.472 e. The van der Waals surface area contributed by atoms with E-state index in [2.05, 4.69) is 52.0 Å². The van der Waals surface area contributed by atoms with Crippen molar-refractivity contribution in [2.24, 2.45) is 0 Å². The van der Waals surface area contributed by atoms with Gasteiger partial charge in [-0.25, -0.2) is 9.13 Å². The Bertz CT molecular complexity index is 2080. The number of esters is 4. The van der Waals surface area contributed by atoms with Crippen molar-refractivity contribution in [3.63, 3.8) is 0 Å². The van der Waals surface area contributed by atoms with Crippen LogP contribution in [0, 0.1) is 0 Å². The second kappa shape index (κ2) is 79.6. The zero-order valence-electron chi connectivity index (χ0n) is 68.2. The number of hydrogen-bond donors (Lipinski definition) is 3. The maximum absolute atomic E-state index is 13.1. The minimum atomic E-state index is -4.97. The summed E-state index contributed by atoms with van der Waals surface area (Å²) in [5, 5.41) is 10.7. The number of hydrogen-bond acceptors (Lipinski definition) is 15. The van der Waals surface area contributed by atoms with Gasteiger partial charge in [0.15, 0.2) is 12.2 Å². The highest BCUT2D eigenvalue weighted by Crippen LogP contribution is 2.45. The van der Waals surface area contributed by atoms with Crippen LogP contribution in [0.1, 0.15) is 445 Å². The van der Waals surface area contributed by atoms with Gasteiger partial charge in [-0.05, 0) is 51.4 Å². The molecule has 19 heteroatoms. The molecule has 3 N–H and O–H groups in total. The lowest BCUT2D eigenvalue weighted by Crippen LogP contribution is -2.30. The van der Waals surface area contributed by atoms with E-state index in [1.165, 1.54) is 263 Å². The maximum atomic E-state index is 13.1. The first-order chi connectivity index (χ1) is 51.2. The van der Waals surface area contributed by atoms with Gasteiger partial charge in [-0.15, -0.1) is 0 Å². The van der Waals surface area contributed by atoms with E-state index in [9.17, 15) is 43.2 Å². The molecule has 0 aliphatic rings. The van der Waals surface area contributed by atoms with Gasteiger partial charge in [0.1, 0.15) is 19.3 Å². The Morgan fingerprint density at radius 1 is 0.267 bits per heavy atom. The van der Waals surface area contributed by atoms with E-state index in [1.807, 2.05) is 0 Å². The van der Waals surface area contributed by atoms with Gasteiger partial charge in [0, 0.05) is 25.7 Å². The van der Waals surface area contributed by atoms with Crippen LogP contribution in [0.3, 0.4) is 0 Å². The minimum absolute atomic E-state index is 0.0857. The van der Waals surface area contributed by atoms with Crippen LogP contribution < -0.4 is 0 Å². The number of aliphatic hydroxyl groups excluding tert-OH is 1. The summed E-state index contributed by atoms with van der Waals surface area (Å²) in [6.45, 7) is 4.96. The van der Waals surface area contributed by atoms with Gasteiger partial charge in [0.05, 0.1) is 26.4 Å².